The summed E-state index contributed by atoms with van der Waals surface area (Å²) in [5.74, 6) is 2.11. The van der Waals surface area contributed by atoms with Crippen LogP contribution in [0.25, 0.3) is 0 Å². The molecule has 8 heteroatoms. The predicted octanol–water partition coefficient (Wildman–Crippen LogP) is 3.39. The van der Waals surface area contributed by atoms with Gasteiger partial charge in [0.05, 0.1) is 0 Å². The highest BCUT2D eigenvalue weighted by Crippen LogP contribution is 2.36. The van der Waals surface area contributed by atoms with Crippen LogP contribution in [-0.4, -0.2) is 66.0 Å². The summed E-state index contributed by atoms with van der Waals surface area (Å²) in [5.41, 5.74) is 0.470. The zero-order valence-corrected chi connectivity index (χ0v) is 20.9. The van der Waals surface area contributed by atoms with Crippen LogP contribution in [0.3, 0.4) is 0 Å². The van der Waals surface area contributed by atoms with Crippen molar-refractivity contribution < 1.29 is 19.1 Å². The van der Waals surface area contributed by atoms with Crippen molar-refractivity contribution in [1.82, 2.24) is 15.1 Å². The van der Waals surface area contributed by atoms with Gasteiger partial charge in [-0.3, -0.25) is 14.5 Å². The molecule has 184 valence electrons. The molecule has 3 aliphatic rings. The number of likely N-dealkylation sites (tertiary alicyclic amines) is 1. The molecule has 7 nitrogen and oxygen atoms in total. The summed E-state index contributed by atoms with van der Waals surface area (Å²) < 4.78 is 11.3. The van der Waals surface area contributed by atoms with Crippen molar-refractivity contribution in [2.45, 2.75) is 71.0 Å². The Hall–Kier alpha value is -1.99. The van der Waals surface area contributed by atoms with Gasteiger partial charge in [-0.2, -0.15) is 0 Å². The number of nitrogens with zero attached hydrogens (tertiary/aromatic N) is 2. The second kappa shape index (κ2) is 11.0. The van der Waals surface area contributed by atoms with Gasteiger partial charge < -0.3 is 19.7 Å². The molecule has 2 fully saturated rings. The van der Waals surface area contributed by atoms with Gasteiger partial charge in [-0.25, -0.2) is 0 Å². The van der Waals surface area contributed by atoms with E-state index in [0.29, 0.717) is 44.9 Å². The minimum atomic E-state index is -0.705. The van der Waals surface area contributed by atoms with Crippen molar-refractivity contribution >= 4 is 24.2 Å². The molecule has 0 saturated carbocycles. The Morgan fingerprint density at radius 3 is 2.48 bits per heavy atom. The van der Waals surface area contributed by atoms with E-state index in [1.807, 2.05) is 11.0 Å². The molecule has 1 N–H and O–H groups in total. The van der Waals surface area contributed by atoms with E-state index in [0.717, 1.165) is 44.0 Å². The zero-order valence-electron chi connectivity index (χ0n) is 20.1. The SMILES string of the molecule is CCCCN1C(=O)C(CC(C)C)NC(=O)C12CCN(Cc1ccc3c(c1)OCCO3)CC2.Cl. The monoisotopic (exact) mass is 479 g/mol. The Morgan fingerprint density at radius 2 is 1.82 bits per heavy atom. The number of unbranched alkanes of at least 4 members (excludes halogenated alkanes) is 1. The Kier molecular flexibility index (Phi) is 8.51. The standard InChI is InChI=1S/C25H37N3O4.ClH/c1-4-5-10-28-23(29)20(15-18(2)3)26-24(30)25(28)8-11-27(12-9-25)17-19-6-7-21-22(16-19)32-14-13-31-21;/h6-7,16,18,20H,4-5,8-15,17H2,1-3H3,(H,26,30);1H. The lowest BCUT2D eigenvalue weighted by Crippen LogP contribution is -2.73. The fraction of sp³-hybridized carbons (Fsp3) is 0.680. The fourth-order valence-electron chi connectivity index (χ4n) is 5.17. The summed E-state index contributed by atoms with van der Waals surface area (Å²) in [5, 5.41) is 3.08. The lowest BCUT2D eigenvalue weighted by Gasteiger charge is -2.52. The number of ether oxygens (including phenoxy) is 2. The number of piperazine rings is 1. The van der Waals surface area contributed by atoms with Gasteiger partial charge in [0, 0.05) is 26.2 Å². The lowest BCUT2D eigenvalue weighted by molar-refractivity contribution is -0.161. The second-order valence-electron chi connectivity index (χ2n) is 9.78. The topological polar surface area (TPSA) is 71.1 Å². The number of hydrogen-bond acceptors (Lipinski definition) is 5. The molecule has 0 radical (unpaired) electrons. The van der Waals surface area contributed by atoms with Gasteiger partial charge >= 0.3 is 0 Å². The molecule has 1 atom stereocenters. The summed E-state index contributed by atoms with van der Waals surface area (Å²) in [6, 6.07) is 5.73. The van der Waals surface area contributed by atoms with E-state index in [4.69, 9.17) is 9.47 Å². The lowest BCUT2D eigenvalue weighted by atomic mass is 9.80. The van der Waals surface area contributed by atoms with Crippen LogP contribution in [0.2, 0.25) is 0 Å². The molecule has 1 unspecified atom stereocenters. The van der Waals surface area contributed by atoms with E-state index < -0.39 is 5.54 Å². The molecule has 0 aromatic heterocycles. The first-order valence-corrected chi connectivity index (χ1v) is 12.2. The highest BCUT2D eigenvalue weighted by Gasteiger charge is 2.53. The molecular weight excluding hydrogens is 442 g/mol. The number of piperidine rings is 1. The third-order valence-corrected chi connectivity index (χ3v) is 6.95. The maximum Gasteiger partial charge on any atom is 0.246 e. The summed E-state index contributed by atoms with van der Waals surface area (Å²) in [6.07, 6.45) is 3.97. The maximum absolute atomic E-state index is 13.4. The summed E-state index contributed by atoms with van der Waals surface area (Å²) >= 11 is 0. The number of carbonyl (C=O) groups excluding carboxylic acids is 2. The number of nitrogens with one attached hydrogen (secondary N) is 1. The minimum absolute atomic E-state index is 0. The van der Waals surface area contributed by atoms with E-state index in [9.17, 15) is 9.59 Å². The highest BCUT2D eigenvalue weighted by molar-refractivity contribution is 6.00. The number of amides is 2. The maximum atomic E-state index is 13.4. The van der Waals surface area contributed by atoms with Crippen LogP contribution in [0.4, 0.5) is 0 Å². The van der Waals surface area contributed by atoms with E-state index in [1.165, 1.54) is 5.56 Å². The molecule has 3 aliphatic heterocycles. The Balaban J connectivity index is 0.00000306. The third kappa shape index (κ3) is 5.40. The molecular formula is C25H38ClN3O4. The zero-order chi connectivity index (χ0) is 22.7. The van der Waals surface area contributed by atoms with Crippen molar-refractivity contribution in [2.75, 3.05) is 32.8 Å². The van der Waals surface area contributed by atoms with Crippen LogP contribution in [0.1, 0.15) is 58.4 Å². The number of rotatable bonds is 7. The largest absolute Gasteiger partial charge is 0.486 e. The quantitative estimate of drug-likeness (QED) is 0.649. The molecule has 2 amide bonds. The minimum Gasteiger partial charge on any atom is -0.486 e. The van der Waals surface area contributed by atoms with Crippen molar-refractivity contribution in [3.63, 3.8) is 0 Å². The number of benzene rings is 1. The van der Waals surface area contributed by atoms with Gasteiger partial charge in [0.1, 0.15) is 24.8 Å². The smallest absolute Gasteiger partial charge is 0.246 e. The van der Waals surface area contributed by atoms with E-state index in [1.54, 1.807) is 0 Å². The highest BCUT2D eigenvalue weighted by atomic mass is 35.5. The number of hydrogen-bond donors (Lipinski definition) is 1. The Bertz CT molecular complexity index is 839. The predicted molar refractivity (Wildman–Crippen MR) is 130 cm³/mol. The van der Waals surface area contributed by atoms with Crippen molar-refractivity contribution in [1.29, 1.82) is 0 Å². The molecule has 1 aromatic rings. The van der Waals surface area contributed by atoms with Crippen molar-refractivity contribution in [3.05, 3.63) is 23.8 Å². The van der Waals surface area contributed by atoms with Gasteiger partial charge in [0.2, 0.25) is 11.8 Å². The van der Waals surface area contributed by atoms with Crippen LogP contribution in [0.15, 0.2) is 18.2 Å². The summed E-state index contributed by atoms with van der Waals surface area (Å²) in [7, 11) is 0. The first-order valence-electron chi connectivity index (χ1n) is 12.2. The normalized spacial score (nSPS) is 22.3. The number of halogens is 1. The van der Waals surface area contributed by atoms with Gasteiger partial charge in [0.25, 0.3) is 0 Å². The van der Waals surface area contributed by atoms with Crippen LogP contribution in [-0.2, 0) is 16.1 Å². The van der Waals surface area contributed by atoms with Crippen LogP contribution < -0.4 is 14.8 Å². The third-order valence-electron chi connectivity index (χ3n) is 6.95. The number of carbonyl (C=O) groups is 2. The van der Waals surface area contributed by atoms with Crippen molar-refractivity contribution in [3.8, 4) is 11.5 Å². The molecule has 4 rings (SSSR count). The summed E-state index contributed by atoms with van der Waals surface area (Å²) in [6.45, 7) is 10.5. The Labute approximate surface area is 203 Å². The Morgan fingerprint density at radius 1 is 1.12 bits per heavy atom. The van der Waals surface area contributed by atoms with E-state index in [2.05, 4.69) is 43.1 Å². The first-order chi connectivity index (χ1) is 15.4. The van der Waals surface area contributed by atoms with Crippen LogP contribution in [0, 0.1) is 5.92 Å². The molecule has 1 aromatic carbocycles. The molecule has 3 heterocycles. The number of fused-ring (bicyclic) bond motifs is 1. The molecule has 0 aliphatic carbocycles. The van der Waals surface area contributed by atoms with Crippen molar-refractivity contribution in [2.24, 2.45) is 5.92 Å². The van der Waals surface area contributed by atoms with E-state index >= 15 is 0 Å². The van der Waals surface area contributed by atoms with Crippen LogP contribution >= 0.6 is 12.4 Å². The van der Waals surface area contributed by atoms with Gasteiger partial charge in [-0.1, -0.05) is 33.3 Å². The average molecular weight is 480 g/mol. The van der Waals surface area contributed by atoms with Gasteiger partial charge in [-0.15, -0.1) is 12.4 Å². The second-order valence-corrected chi connectivity index (χ2v) is 9.78. The molecule has 2 saturated heterocycles. The summed E-state index contributed by atoms with van der Waals surface area (Å²) in [4.78, 5) is 31.0. The van der Waals surface area contributed by atoms with Crippen LogP contribution in [0.5, 0.6) is 11.5 Å². The first kappa shape index (κ1) is 25.6. The molecule has 1 spiro atoms. The van der Waals surface area contributed by atoms with E-state index in [-0.39, 0.29) is 30.3 Å². The fourth-order valence-corrected chi connectivity index (χ4v) is 5.17. The van der Waals surface area contributed by atoms with Gasteiger partial charge in [0.15, 0.2) is 11.5 Å². The molecule has 0 bridgehead atoms. The average Bonchev–Trinajstić information content (AvgIpc) is 2.78. The van der Waals surface area contributed by atoms with Gasteiger partial charge in [-0.05, 0) is 49.3 Å². The molecule has 33 heavy (non-hydrogen) atoms.